The smallest absolute Gasteiger partial charge is 0.254 e. The first-order chi connectivity index (χ1) is 13.5. The van der Waals surface area contributed by atoms with Crippen LogP contribution in [-0.2, 0) is 0 Å². The fraction of sp³-hybridized carbons (Fsp3) is 0.500. The first-order valence-corrected chi connectivity index (χ1v) is 10.2. The molecule has 1 aromatic heterocycles. The van der Waals surface area contributed by atoms with Gasteiger partial charge in [-0.1, -0.05) is 18.2 Å². The lowest BCUT2D eigenvalue weighted by Gasteiger charge is -2.60. The minimum absolute atomic E-state index is 0.163. The van der Waals surface area contributed by atoms with Crippen molar-refractivity contribution in [3.63, 3.8) is 0 Å². The summed E-state index contributed by atoms with van der Waals surface area (Å²) in [4.78, 5) is 28.8. The molecular formula is C22H27N5O. The van der Waals surface area contributed by atoms with Crippen LogP contribution >= 0.6 is 0 Å². The van der Waals surface area contributed by atoms with Gasteiger partial charge >= 0.3 is 0 Å². The molecule has 0 aliphatic carbocycles. The van der Waals surface area contributed by atoms with Crippen molar-refractivity contribution in [2.24, 2.45) is 5.41 Å². The summed E-state index contributed by atoms with van der Waals surface area (Å²) in [5.74, 6) is 2.07. The third kappa shape index (κ3) is 2.91. The summed E-state index contributed by atoms with van der Waals surface area (Å²) in [5.41, 5.74) is 3.15. The normalized spacial score (nSPS) is 20.3. The molecule has 2 aromatic rings. The Labute approximate surface area is 166 Å². The topological polar surface area (TPSA) is 52.6 Å². The highest BCUT2D eigenvalue weighted by molar-refractivity contribution is 5.96. The van der Waals surface area contributed by atoms with Crippen molar-refractivity contribution in [3.8, 4) is 0 Å². The van der Waals surface area contributed by atoms with Gasteiger partial charge in [0.2, 0.25) is 5.95 Å². The number of anilines is 2. The van der Waals surface area contributed by atoms with Crippen LogP contribution in [-0.4, -0.2) is 60.0 Å². The van der Waals surface area contributed by atoms with Gasteiger partial charge in [-0.25, -0.2) is 4.98 Å². The number of carbonyl (C=O) groups excluding carboxylic acids is 1. The van der Waals surface area contributed by atoms with Gasteiger partial charge in [-0.05, 0) is 38.3 Å². The number of hydrogen-bond donors (Lipinski definition) is 0. The number of rotatable bonds is 3. The SMILES string of the molecule is Cc1cc(N2CC3(CN(C(=O)c4ccccc4C)C3)C2)nc(N2CCCC2)n1. The lowest BCUT2D eigenvalue weighted by atomic mass is 9.72. The Morgan fingerprint density at radius 2 is 1.68 bits per heavy atom. The Balaban J connectivity index is 1.23. The molecule has 28 heavy (non-hydrogen) atoms. The van der Waals surface area contributed by atoms with Crippen molar-refractivity contribution >= 4 is 17.7 Å². The third-order valence-electron chi connectivity index (χ3n) is 6.31. The van der Waals surface area contributed by atoms with Gasteiger partial charge in [0.05, 0.1) is 0 Å². The largest absolute Gasteiger partial charge is 0.355 e. The molecule has 3 aliphatic rings. The van der Waals surface area contributed by atoms with Crippen molar-refractivity contribution < 1.29 is 4.79 Å². The van der Waals surface area contributed by atoms with Crippen LogP contribution in [0, 0.1) is 19.3 Å². The average Bonchev–Trinajstić information content (AvgIpc) is 3.14. The van der Waals surface area contributed by atoms with Gasteiger partial charge in [-0.2, -0.15) is 4.98 Å². The molecule has 3 aliphatic heterocycles. The van der Waals surface area contributed by atoms with E-state index in [2.05, 4.69) is 20.9 Å². The monoisotopic (exact) mass is 377 g/mol. The summed E-state index contributed by atoms with van der Waals surface area (Å²) in [6.45, 7) is 9.81. The van der Waals surface area contributed by atoms with Gasteiger partial charge in [-0.3, -0.25) is 4.79 Å². The van der Waals surface area contributed by atoms with E-state index in [1.54, 1.807) is 0 Å². The van der Waals surface area contributed by atoms with E-state index in [0.717, 1.165) is 67.9 Å². The van der Waals surface area contributed by atoms with Crippen molar-refractivity contribution in [1.29, 1.82) is 0 Å². The second-order valence-electron chi connectivity index (χ2n) is 8.69. The van der Waals surface area contributed by atoms with Gasteiger partial charge in [0.15, 0.2) is 0 Å². The minimum atomic E-state index is 0.163. The van der Waals surface area contributed by atoms with Gasteiger partial charge in [0, 0.05) is 62.0 Å². The van der Waals surface area contributed by atoms with Crippen molar-refractivity contribution in [3.05, 3.63) is 47.2 Å². The van der Waals surface area contributed by atoms with E-state index in [1.807, 2.05) is 43.0 Å². The average molecular weight is 377 g/mol. The second-order valence-corrected chi connectivity index (χ2v) is 8.69. The lowest BCUT2D eigenvalue weighted by Crippen LogP contribution is -2.73. The van der Waals surface area contributed by atoms with Crippen LogP contribution < -0.4 is 9.80 Å². The zero-order chi connectivity index (χ0) is 19.3. The van der Waals surface area contributed by atoms with Crippen LogP contribution in [0.4, 0.5) is 11.8 Å². The van der Waals surface area contributed by atoms with Crippen LogP contribution in [0.5, 0.6) is 0 Å². The summed E-state index contributed by atoms with van der Waals surface area (Å²) >= 11 is 0. The fourth-order valence-electron chi connectivity index (χ4n) is 4.77. The number of aryl methyl sites for hydroxylation is 2. The van der Waals surface area contributed by atoms with Gasteiger partial charge in [0.25, 0.3) is 5.91 Å². The van der Waals surface area contributed by atoms with Crippen LogP contribution in [0.3, 0.4) is 0 Å². The molecule has 0 unspecified atom stereocenters. The molecule has 0 radical (unpaired) electrons. The van der Waals surface area contributed by atoms with Crippen molar-refractivity contribution in [2.45, 2.75) is 26.7 Å². The molecule has 146 valence electrons. The van der Waals surface area contributed by atoms with E-state index in [0.29, 0.717) is 0 Å². The zero-order valence-corrected chi connectivity index (χ0v) is 16.7. The maximum absolute atomic E-state index is 12.7. The molecule has 3 fully saturated rings. The Morgan fingerprint density at radius 3 is 2.39 bits per heavy atom. The summed E-state index contributed by atoms with van der Waals surface area (Å²) in [6, 6.07) is 9.94. The molecule has 0 atom stereocenters. The zero-order valence-electron chi connectivity index (χ0n) is 16.7. The Bertz CT molecular complexity index is 907. The lowest BCUT2D eigenvalue weighted by molar-refractivity contribution is -0.0108. The van der Waals surface area contributed by atoms with Crippen LogP contribution in [0.15, 0.2) is 30.3 Å². The molecule has 1 aromatic carbocycles. The van der Waals surface area contributed by atoms with Gasteiger partial charge in [-0.15, -0.1) is 0 Å². The van der Waals surface area contributed by atoms with E-state index in [1.165, 1.54) is 12.8 Å². The molecule has 1 amide bonds. The number of benzene rings is 1. The highest BCUT2D eigenvalue weighted by Gasteiger charge is 2.53. The van der Waals surface area contributed by atoms with E-state index in [9.17, 15) is 4.79 Å². The highest BCUT2D eigenvalue weighted by Crippen LogP contribution is 2.42. The van der Waals surface area contributed by atoms with Crippen LogP contribution in [0.1, 0.15) is 34.5 Å². The number of amides is 1. The summed E-state index contributed by atoms with van der Waals surface area (Å²) in [6.07, 6.45) is 2.45. The number of aromatic nitrogens is 2. The highest BCUT2D eigenvalue weighted by atomic mass is 16.2. The molecule has 0 N–H and O–H groups in total. The van der Waals surface area contributed by atoms with Gasteiger partial charge < -0.3 is 14.7 Å². The van der Waals surface area contributed by atoms with Gasteiger partial charge in [0.1, 0.15) is 5.82 Å². The Morgan fingerprint density at radius 1 is 0.964 bits per heavy atom. The van der Waals surface area contributed by atoms with Crippen LogP contribution in [0.2, 0.25) is 0 Å². The Kier molecular flexibility index (Phi) is 4.03. The van der Waals surface area contributed by atoms with Crippen molar-refractivity contribution in [2.75, 3.05) is 49.1 Å². The maximum atomic E-state index is 12.7. The second kappa shape index (κ2) is 6.47. The number of nitrogens with zero attached hydrogens (tertiary/aromatic N) is 5. The number of likely N-dealkylation sites (tertiary alicyclic amines) is 1. The van der Waals surface area contributed by atoms with E-state index in [4.69, 9.17) is 4.98 Å². The fourth-order valence-corrected chi connectivity index (χ4v) is 4.77. The van der Waals surface area contributed by atoms with Crippen molar-refractivity contribution in [1.82, 2.24) is 14.9 Å². The van der Waals surface area contributed by atoms with E-state index < -0.39 is 0 Å². The molecule has 3 saturated heterocycles. The summed E-state index contributed by atoms with van der Waals surface area (Å²) in [7, 11) is 0. The predicted octanol–water partition coefficient (Wildman–Crippen LogP) is 2.66. The third-order valence-corrected chi connectivity index (χ3v) is 6.31. The number of hydrogen-bond acceptors (Lipinski definition) is 5. The molecule has 6 nitrogen and oxygen atoms in total. The molecule has 0 saturated carbocycles. The standard InChI is InChI=1S/C22H27N5O/c1-16-7-3-4-8-18(16)20(28)27-14-22(15-27)12-26(13-22)19-11-17(2)23-21(24-19)25-9-5-6-10-25/h3-4,7-8,11H,5-6,9-10,12-15H2,1-2H3. The molecule has 4 heterocycles. The molecular weight excluding hydrogens is 350 g/mol. The first kappa shape index (κ1) is 17.5. The summed E-state index contributed by atoms with van der Waals surface area (Å²) in [5, 5.41) is 0. The molecule has 1 spiro atoms. The Hall–Kier alpha value is -2.63. The molecule has 6 heteroatoms. The summed E-state index contributed by atoms with van der Waals surface area (Å²) < 4.78 is 0. The number of carbonyl (C=O) groups is 1. The van der Waals surface area contributed by atoms with E-state index in [-0.39, 0.29) is 11.3 Å². The molecule has 0 bridgehead atoms. The molecule has 5 rings (SSSR count). The van der Waals surface area contributed by atoms with E-state index >= 15 is 0 Å². The minimum Gasteiger partial charge on any atom is -0.355 e. The predicted molar refractivity (Wildman–Crippen MR) is 110 cm³/mol. The maximum Gasteiger partial charge on any atom is 0.254 e. The van der Waals surface area contributed by atoms with Crippen LogP contribution in [0.25, 0.3) is 0 Å². The first-order valence-electron chi connectivity index (χ1n) is 10.2. The quantitative estimate of drug-likeness (QED) is 0.823.